The molecule has 4 aromatic heterocycles. The van der Waals surface area contributed by atoms with Crippen molar-refractivity contribution in [2.45, 2.75) is 21.5 Å². The second-order valence-corrected chi connectivity index (χ2v) is 22.1. The van der Waals surface area contributed by atoms with E-state index < -0.39 is 25.0 Å². The summed E-state index contributed by atoms with van der Waals surface area (Å²) in [6, 6.07) is 24.5. The van der Waals surface area contributed by atoms with Gasteiger partial charge in [0.1, 0.15) is 26.5 Å². The van der Waals surface area contributed by atoms with E-state index in [-0.39, 0.29) is 70.9 Å². The average Bonchev–Trinajstić information content (AvgIpc) is 4.05. The van der Waals surface area contributed by atoms with E-state index in [1.165, 1.54) is 33.3 Å². The normalized spacial score (nSPS) is 14.6. The molecule has 0 spiro atoms. The molecule has 2 aromatic carbocycles. The summed E-state index contributed by atoms with van der Waals surface area (Å²) >= 11 is 13.9. The lowest BCUT2D eigenvalue weighted by Gasteiger charge is -2.34. The summed E-state index contributed by atoms with van der Waals surface area (Å²) < 4.78 is 55.6. The van der Waals surface area contributed by atoms with Gasteiger partial charge in [-0.3, -0.25) is 19.7 Å². The van der Waals surface area contributed by atoms with Gasteiger partial charge in [-0.1, -0.05) is 23.2 Å². The van der Waals surface area contributed by atoms with Gasteiger partial charge in [0, 0.05) is 102 Å². The molecular weight excluding hydrogens is 986 g/mol. The Labute approximate surface area is 403 Å². The number of thiophene rings is 2. The highest BCUT2D eigenvalue weighted by atomic mass is 35.5. The third-order valence-electron chi connectivity index (χ3n) is 10.4. The zero-order chi connectivity index (χ0) is 47.7. The molecule has 8 rings (SSSR count). The van der Waals surface area contributed by atoms with Gasteiger partial charge in [0.15, 0.2) is 11.5 Å². The highest BCUT2D eigenvalue weighted by molar-refractivity contribution is 7.91. The first-order chi connectivity index (χ1) is 32.1. The predicted octanol–water partition coefficient (Wildman–Crippen LogP) is 5.65. The number of nitrogens with one attached hydrogen (secondary N) is 2. The fraction of sp³-hybridized carbons (Fsp3) is 0.238. The molecule has 2 aliphatic rings. The van der Waals surface area contributed by atoms with Gasteiger partial charge in [0.25, 0.3) is 37.5 Å². The summed E-state index contributed by atoms with van der Waals surface area (Å²) in [5, 5.41) is 26.6. The van der Waals surface area contributed by atoms with Gasteiger partial charge in [-0.2, -0.15) is 13.9 Å². The molecule has 0 aliphatic carbocycles. The largest absolute Gasteiger partial charge is 0.354 e. The highest BCUT2D eigenvalue weighted by Crippen LogP contribution is 2.29. The van der Waals surface area contributed by atoms with Crippen molar-refractivity contribution < 1.29 is 31.3 Å². The minimum absolute atomic E-state index is 0.0946. The Morgan fingerprint density at radius 1 is 0.657 bits per heavy atom. The maximum atomic E-state index is 13.1. The highest BCUT2D eigenvalue weighted by Gasteiger charge is 2.32. The molecule has 25 heteroatoms. The number of piperazine rings is 2. The number of sulfonamides is 2. The van der Waals surface area contributed by atoms with E-state index in [0.717, 1.165) is 32.4 Å². The Morgan fingerprint density at radius 3 is 1.55 bits per heavy atom. The van der Waals surface area contributed by atoms with Crippen molar-refractivity contribution in [3.63, 3.8) is 0 Å². The number of carbonyl (C=O) groups is 2. The van der Waals surface area contributed by atoms with Crippen molar-refractivity contribution >= 4 is 95.1 Å². The van der Waals surface area contributed by atoms with Gasteiger partial charge in [-0.15, -0.1) is 22.7 Å². The molecule has 2 aliphatic heterocycles. The molecule has 2 N–H and O–H groups in total. The number of anilines is 2. The fourth-order valence-electron chi connectivity index (χ4n) is 6.79. The summed E-state index contributed by atoms with van der Waals surface area (Å²) in [5.41, 5.74) is 1.07. The number of halogens is 2. The van der Waals surface area contributed by atoms with Crippen molar-refractivity contribution in [1.82, 2.24) is 34.2 Å². The molecule has 6 aromatic rings. The molecule has 67 heavy (non-hydrogen) atoms. The summed E-state index contributed by atoms with van der Waals surface area (Å²) in [7, 11) is -7.33. The SMILES string of the molecule is N#Cc1nccnc1N1CCN(S(=O)(=O)c2ccc(CNC(=O)c3ccc(Cl)cc3)s2)CC1.O=C(NCc1ccc(S(=O)(=O)N2CCN(c3ccc([N+](=O)[O-])cn3)CC2)s1)c1ccc(Cl)cc1. The minimum Gasteiger partial charge on any atom is -0.354 e. The van der Waals surface area contributed by atoms with Crippen molar-refractivity contribution in [3.05, 3.63) is 150 Å². The Bertz CT molecular complexity index is 2990. The quantitative estimate of drug-likeness (QED) is 0.105. The van der Waals surface area contributed by atoms with Gasteiger partial charge < -0.3 is 20.4 Å². The van der Waals surface area contributed by atoms with Crippen LogP contribution in [0, 0.1) is 21.4 Å². The number of nitriles is 1. The summed E-state index contributed by atoms with van der Waals surface area (Å²) in [5.74, 6) is 0.496. The zero-order valence-corrected chi connectivity index (χ0v) is 39.8. The van der Waals surface area contributed by atoms with Gasteiger partial charge in [-0.05, 0) is 78.9 Å². The molecule has 348 valence electrons. The topological polar surface area (TPSA) is 245 Å². The first-order valence-electron chi connectivity index (χ1n) is 20.2. The summed E-state index contributed by atoms with van der Waals surface area (Å²) in [6.07, 6.45) is 4.16. The van der Waals surface area contributed by atoms with Crippen molar-refractivity contribution in [2.75, 3.05) is 62.2 Å². The third kappa shape index (κ3) is 12.1. The lowest BCUT2D eigenvalue weighted by molar-refractivity contribution is -0.385. The maximum Gasteiger partial charge on any atom is 0.287 e. The lowest BCUT2D eigenvalue weighted by atomic mass is 10.2. The molecular formula is C42H39Cl2N11O8S4. The number of benzene rings is 2. The van der Waals surface area contributed by atoms with Crippen LogP contribution < -0.4 is 20.4 Å². The first kappa shape index (κ1) is 48.8. The minimum atomic E-state index is -3.67. The van der Waals surface area contributed by atoms with Gasteiger partial charge in [0.05, 0.1) is 18.0 Å². The second kappa shape index (κ2) is 21.7. The number of pyridine rings is 1. The molecule has 2 fully saturated rings. The van der Waals surface area contributed by atoms with Crippen LogP contribution in [0.4, 0.5) is 17.3 Å². The van der Waals surface area contributed by atoms with Crippen LogP contribution in [0.5, 0.6) is 0 Å². The number of nitrogens with zero attached hydrogens (tertiary/aromatic N) is 9. The van der Waals surface area contributed by atoms with Crippen molar-refractivity contribution in [2.24, 2.45) is 0 Å². The van der Waals surface area contributed by atoms with Crippen LogP contribution in [0.1, 0.15) is 36.2 Å². The van der Waals surface area contributed by atoms with Crippen LogP contribution in [-0.4, -0.2) is 109 Å². The van der Waals surface area contributed by atoms with Crippen LogP contribution in [0.25, 0.3) is 0 Å². The average molecular weight is 1030 g/mol. The zero-order valence-electron chi connectivity index (χ0n) is 35.1. The van der Waals surface area contributed by atoms with E-state index in [4.69, 9.17) is 23.2 Å². The van der Waals surface area contributed by atoms with Crippen molar-refractivity contribution in [1.29, 1.82) is 5.26 Å². The molecule has 6 heterocycles. The molecule has 0 unspecified atom stereocenters. The van der Waals surface area contributed by atoms with E-state index in [1.54, 1.807) is 78.9 Å². The van der Waals surface area contributed by atoms with E-state index >= 15 is 0 Å². The molecule has 2 amide bonds. The standard InChI is InChI=1S/C21H19ClN6O3S2.C21H20ClN5O5S2/c22-16-3-1-15(2-4-16)21(29)26-14-17-5-6-19(32-17)33(30,31)28-11-9-27(10-12-28)20-18(13-23)24-7-8-25-20;22-16-3-1-15(2-4-16)21(28)24-14-18-6-8-20(33-18)34(31,32)26-11-9-25(10-12-26)19-7-5-17(13-23-19)27(29)30/h1-8H,9-12,14H2,(H,26,29);1-8,13H,9-12,14H2,(H,24,28). The van der Waals surface area contributed by atoms with Crippen LogP contribution in [0.2, 0.25) is 10.0 Å². The number of hydrogen-bond donors (Lipinski definition) is 2. The van der Waals surface area contributed by atoms with Gasteiger partial charge in [-0.25, -0.2) is 31.8 Å². The number of amides is 2. The molecule has 0 saturated carbocycles. The number of hydrogen-bond acceptors (Lipinski definition) is 16. The Hall–Kier alpha value is -6.10. The van der Waals surface area contributed by atoms with E-state index in [0.29, 0.717) is 59.0 Å². The summed E-state index contributed by atoms with van der Waals surface area (Å²) in [6.45, 7) is 3.14. The van der Waals surface area contributed by atoms with E-state index in [1.807, 2.05) is 15.9 Å². The smallest absolute Gasteiger partial charge is 0.287 e. The Morgan fingerprint density at radius 2 is 1.12 bits per heavy atom. The molecule has 19 nitrogen and oxygen atoms in total. The van der Waals surface area contributed by atoms with E-state index in [2.05, 4.69) is 25.6 Å². The molecule has 2 saturated heterocycles. The first-order valence-corrected chi connectivity index (χ1v) is 25.5. The van der Waals surface area contributed by atoms with Gasteiger partial charge in [0.2, 0.25) is 0 Å². The molecule has 0 radical (unpaired) electrons. The van der Waals surface area contributed by atoms with Crippen LogP contribution in [0.15, 0.2) is 112 Å². The van der Waals surface area contributed by atoms with Gasteiger partial charge >= 0.3 is 0 Å². The summed E-state index contributed by atoms with van der Waals surface area (Å²) in [4.78, 5) is 52.3. The van der Waals surface area contributed by atoms with E-state index in [9.17, 15) is 41.8 Å². The fourth-order valence-corrected chi connectivity index (χ4v) is 12.8. The second-order valence-electron chi connectivity index (χ2n) is 14.6. The molecule has 0 atom stereocenters. The Kier molecular flexibility index (Phi) is 15.8. The number of rotatable bonds is 13. The lowest BCUT2D eigenvalue weighted by Crippen LogP contribution is -2.49. The predicted molar refractivity (Wildman–Crippen MR) is 253 cm³/mol. The maximum absolute atomic E-state index is 13.1. The van der Waals surface area contributed by atoms with Crippen LogP contribution in [-0.2, 0) is 33.1 Å². The van der Waals surface area contributed by atoms with Crippen LogP contribution >= 0.6 is 45.9 Å². The monoisotopic (exact) mass is 1020 g/mol. The number of aromatic nitrogens is 3. The Balaban J connectivity index is 0.000000199. The number of nitro groups is 1. The van der Waals surface area contributed by atoms with Crippen molar-refractivity contribution in [3.8, 4) is 6.07 Å². The molecule has 0 bridgehead atoms. The number of carbonyl (C=O) groups excluding carboxylic acids is 2. The van der Waals surface area contributed by atoms with Crippen LogP contribution in [0.3, 0.4) is 0 Å². The third-order valence-corrected chi connectivity index (χ3v) is 17.8.